The van der Waals surface area contributed by atoms with Gasteiger partial charge in [-0.05, 0) is 48.9 Å². The van der Waals surface area contributed by atoms with Crippen molar-refractivity contribution in [2.24, 2.45) is 0 Å². The molecule has 0 bridgehead atoms. The van der Waals surface area contributed by atoms with Gasteiger partial charge in [-0.3, -0.25) is 0 Å². The summed E-state index contributed by atoms with van der Waals surface area (Å²) in [6, 6.07) is 23.2. The van der Waals surface area contributed by atoms with Gasteiger partial charge in [0.15, 0.2) is 5.82 Å². The summed E-state index contributed by atoms with van der Waals surface area (Å²) in [7, 11) is -3.93. The van der Waals surface area contributed by atoms with E-state index in [2.05, 4.69) is 15.4 Å². The molecule has 0 unspecified atom stereocenters. The van der Waals surface area contributed by atoms with E-state index >= 15 is 0 Å². The molecule has 0 radical (unpaired) electrons. The summed E-state index contributed by atoms with van der Waals surface area (Å²) in [5.74, 6) is 0.433. The molecule has 4 rings (SSSR count). The Balaban J connectivity index is 1.76. The van der Waals surface area contributed by atoms with Crippen molar-refractivity contribution in [3.05, 3.63) is 95.0 Å². The van der Waals surface area contributed by atoms with Gasteiger partial charge >= 0.3 is 0 Å². The van der Waals surface area contributed by atoms with Gasteiger partial charge in [-0.15, -0.1) is 9.19 Å². The molecule has 3 aromatic carbocycles. The van der Waals surface area contributed by atoms with Crippen LogP contribution >= 0.6 is 11.6 Å². The van der Waals surface area contributed by atoms with Crippen LogP contribution in [-0.4, -0.2) is 22.6 Å². The van der Waals surface area contributed by atoms with Crippen molar-refractivity contribution >= 4 is 27.6 Å². The Morgan fingerprint density at radius 3 is 2.27 bits per heavy atom. The molecule has 0 atom stereocenters. The minimum atomic E-state index is -3.93. The largest absolute Gasteiger partial charge is 0.349 e. The topological polar surface area (TPSA) is 76.9 Å². The molecular formula is C22H19ClN4O2S. The highest BCUT2D eigenvalue weighted by atomic mass is 35.5. The van der Waals surface area contributed by atoms with E-state index in [1.165, 1.54) is 0 Å². The van der Waals surface area contributed by atoms with Crippen molar-refractivity contribution in [2.75, 3.05) is 5.32 Å². The third-order valence-corrected chi connectivity index (χ3v) is 6.35. The summed E-state index contributed by atoms with van der Waals surface area (Å²) in [6.45, 7) is 2.31. The summed E-state index contributed by atoms with van der Waals surface area (Å²) in [5, 5.41) is 7.98. The lowest BCUT2D eigenvalue weighted by molar-refractivity contribution is 0.580. The molecule has 0 spiro atoms. The van der Waals surface area contributed by atoms with Crippen LogP contribution in [0.2, 0.25) is 5.02 Å². The number of hydrogen-bond donors (Lipinski definition) is 1. The number of benzene rings is 3. The highest BCUT2D eigenvalue weighted by Gasteiger charge is 2.24. The lowest BCUT2D eigenvalue weighted by Crippen LogP contribution is -2.18. The fraction of sp³-hybridized carbons (Fsp3) is 0.0909. The van der Waals surface area contributed by atoms with Gasteiger partial charge in [-0.2, -0.15) is 13.4 Å². The Morgan fingerprint density at radius 2 is 1.60 bits per heavy atom. The third-order valence-electron chi connectivity index (χ3n) is 4.52. The van der Waals surface area contributed by atoms with Gasteiger partial charge in [0.05, 0.1) is 4.90 Å². The maximum absolute atomic E-state index is 13.3. The Bertz CT molecular complexity index is 1250. The monoisotopic (exact) mass is 438 g/mol. The number of rotatable bonds is 6. The summed E-state index contributed by atoms with van der Waals surface area (Å²) in [5.41, 5.74) is 2.63. The van der Waals surface area contributed by atoms with Crippen molar-refractivity contribution < 1.29 is 8.42 Å². The molecule has 1 aromatic heterocycles. The minimum absolute atomic E-state index is 0.142. The Hall–Kier alpha value is -3.16. The lowest BCUT2D eigenvalue weighted by atomic mass is 10.2. The first-order valence-corrected chi connectivity index (χ1v) is 11.1. The number of nitrogens with zero attached hydrogens (tertiary/aromatic N) is 3. The van der Waals surface area contributed by atoms with Gasteiger partial charge in [0.1, 0.15) is 0 Å². The zero-order chi connectivity index (χ0) is 21.1. The van der Waals surface area contributed by atoms with E-state index in [1.807, 2.05) is 37.3 Å². The van der Waals surface area contributed by atoms with E-state index in [9.17, 15) is 8.42 Å². The van der Waals surface area contributed by atoms with Crippen molar-refractivity contribution in [1.82, 2.24) is 14.2 Å². The summed E-state index contributed by atoms with van der Waals surface area (Å²) >= 11 is 5.96. The smallest absolute Gasteiger partial charge is 0.286 e. The van der Waals surface area contributed by atoms with E-state index in [-0.39, 0.29) is 16.7 Å². The van der Waals surface area contributed by atoms with Gasteiger partial charge in [0.2, 0.25) is 5.95 Å². The molecule has 8 heteroatoms. The van der Waals surface area contributed by atoms with Crippen LogP contribution in [0.1, 0.15) is 11.1 Å². The van der Waals surface area contributed by atoms with Crippen LogP contribution < -0.4 is 5.32 Å². The van der Waals surface area contributed by atoms with Gasteiger partial charge in [0.25, 0.3) is 10.0 Å². The molecule has 0 aliphatic carbocycles. The molecule has 0 saturated carbocycles. The average molecular weight is 439 g/mol. The normalized spacial score (nSPS) is 11.4. The molecule has 0 saturated heterocycles. The van der Waals surface area contributed by atoms with E-state index in [0.29, 0.717) is 17.1 Å². The van der Waals surface area contributed by atoms with E-state index in [1.54, 1.807) is 48.5 Å². The number of hydrogen-bond acceptors (Lipinski definition) is 5. The Morgan fingerprint density at radius 1 is 0.933 bits per heavy atom. The summed E-state index contributed by atoms with van der Waals surface area (Å²) in [6.07, 6.45) is 0. The molecule has 1 N–H and O–H groups in total. The zero-order valence-electron chi connectivity index (χ0n) is 16.2. The number of aromatic nitrogens is 3. The average Bonchev–Trinajstić information content (AvgIpc) is 3.19. The van der Waals surface area contributed by atoms with Crippen LogP contribution in [0.3, 0.4) is 0 Å². The maximum atomic E-state index is 13.3. The molecule has 0 fully saturated rings. The van der Waals surface area contributed by atoms with Crippen molar-refractivity contribution in [1.29, 1.82) is 0 Å². The fourth-order valence-corrected chi connectivity index (χ4v) is 4.21. The van der Waals surface area contributed by atoms with Crippen LogP contribution in [0.25, 0.3) is 11.4 Å². The van der Waals surface area contributed by atoms with Gasteiger partial charge < -0.3 is 5.32 Å². The first-order valence-electron chi connectivity index (χ1n) is 9.26. The lowest BCUT2D eigenvalue weighted by Gasteiger charge is -2.09. The molecule has 0 aliphatic heterocycles. The Kier molecular flexibility index (Phi) is 5.57. The zero-order valence-corrected chi connectivity index (χ0v) is 17.7. The standard InChI is InChI=1S/C22H19ClN4O2S/c1-16-7-13-20(14-8-16)30(28,29)27-22(24-15-17-5-3-2-4-6-17)25-21(26-27)18-9-11-19(23)12-10-18/h2-14H,15H2,1H3,(H,24,25,26). The maximum Gasteiger partial charge on any atom is 0.286 e. The van der Waals surface area contributed by atoms with Gasteiger partial charge in [-0.25, -0.2) is 0 Å². The molecular weight excluding hydrogens is 420 g/mol. The minimum Gasteiger partial charge on any atom is -0.349 e. The van der Waals surface area contributed by atoms with Crippen LogP contribution in [0, 0.1) is 6.92 Å². The second kappa shape index (κ2) is 8.30. The predicted molar refractivity (Wildman–Crippen MR) is 118 cm³/mol. The molecule has 6 nitrogen and oxygen atoms in total. The SMILES string of the molecule is Cc1ccc(S(=O)(=O)n2nc(-c3ccc(Cl)cc3)nc2NCc2ccccc2)cc1. The first kappa shape index (κ1) is 20.1. The third kappa shape index (κ3) is 4.22. The molecule has 0 aliphatic rings. The number of nitrogens with one attached hydrogen (secondary N) is 1. The quantitative estimate of drug-likeness (QED) is 0.469. The van der Waals surface area contributed by atoms with E-state index < -0.39 is 10.0 Å². The highest BCUT2D eigenvalue weighted by molar-refractivity contribution is 7.90. The molecule has 152 valence electrons. The van der Waals surface area contributed by atoms with E-state index in [4.69, 9.17) is 11.6 Å². The molecule has 1 heterocycles. The van der Waals surface area contributed by atoms with Crippen molar-refractivity contribution in [2.45, 2.75) is 18.4 Å². The number of anilines is 1. The van der Waals surface area contributed by atoms with Crippen LogP contribution in [-0.2, 0) is 16.6 Å². The molecule has 30 heavy (non-hydrogen) atoms. The van der Waals surface area contributed by atoms with Gasteiger partial charge in [-0.1, -0.05) is 59.6 Å². The van der Waals surface area contributed by atoms with Crippen LogP contribution in [0.15, 0.2) is 83.8 Å². The Labute approximate surface area is 180 Å². The second-order valence-corrected chi connectivity index (χ2v) is 8.97. The molecule has 4 aromatic rings. The van der Waals surface area contributed by atoms with E-state index in [0.717, 1.165) is 15.2 Å². The fourth-order valence-electron chi connectivity index (χ4n) is 2.88. The van der Waals surface area contributed by atoms with Crippen LogP contribution in [0.5, 0.6) is 0 Å². The first-order chi connectivity index (χ1) is 14.4. The summed E-state index contributed by atoms with van der Waals surface area (Å²) in [4.78, 5) is 4.60. The van der Waals surface area contributed by atoms with Crippen molar-refractivity contribution in [3.63, 3.8) is 0 Å². The van der Waals surface area contributed by atoms with Crippen LogP contribution in [0.4, 0.5) is 5.95 Å². The summed E-state index contributed by atoms with van der Waals surface area (Å²) < 4.78 is 27.5. The molecule has 0 amide bonds. The second-order valence-electron chi connectivity index (χ2n) is 6.77. The van der Waals surface area contributed by atoms with Crippen molar-refractivity contribution in [3.8, 4) is 11.4 Å². The highest BCUT2D eigenvalue weighted by Crippen LogP contribution is 2.24. The van der Waals surface area contributed by atoms with Gasteiger partial charge in [0, 0.05) is 17.1 Å². The number of halogens is 1. The number of aryl methyl sites for hydroxylation is 1. The predicted octanol–water partition coefficient (Wildman–Crippen LogP) is 4.76.